The van der Waals surface area contributed by atoms with Crippen molar-refractivity contribution in [2.24, 2.45) is 5.73 Å². The van der Waals surface area contributed by atoms with Gasteiger partial charge in [-0.25, -0.2) is 4.79 Å². The van der Waals surface area contributed by atoms with Crippen LogP contribution in [0.4, 0.5) is 0 Å². The predicted molar refractivity (Wildman–Crippen MR) is 79.7 cm³/mol. The van der Waals surface area contributed by atoms with Gasteiger partial charge in [0.1, 0.15) is 5.75 Å². The summed E-state index contributed by atoms with van der Waals surface area (Å²) in [7, 11) is 0. The minimum Gasteiger partial charge on any atom is -0.478 e. The van der Waals surface area contributed by atoms with Crippen molar-refractivity contribution in [2.75, 3.05) is 6.61 Å². The fraction of sp³-hybridized carbons (Fsp3) is 0.562. The van der Waals surface area contributed by atoms with Crippen molar-refractivity contribution in [1.29, 1.82) is 0 Å². The Morgan fingerprint density at radius 2 is 2.05 bits per heavy atom. The Morgan fingerprint density at radius 1 is 1.35 bits per heavy atom. The number of hydrogen-bond donors (Lipinski definition) is 1. The van der Waals surface area contributed by atoms with Crippen molar-refractivity contribution in [3.63, 3.8) is 0 Å². The highest BCUT2D eigenvalue weighted by atomic mass is 16.6. The number of ether oxygens (including phenoxy) is 2. The third kappa shape index (κ3) is 4.53. The van der Waals surface area contributed by atoms with Crippen LogP contribution in [0.3, 0.4) is 0 Å². The third-order valence-electron chi connectivity index (χ3n) is 3.03. The summed E-state index contributed by atoms with van der Waals surface area (Å²) in [5.41, 5.74) is 8.00. The van der Waals surface area contributed by atoms with E-state index in [0.29, 0.717) is 18.8 Å². The van der Waals surface area contributed by atoms with Crippen molar-refractivity contribution >= 4 is 5.97 Å². The lowest BCUT2D eigenvalue weighted by molar-refractivity contribution is -0.151. The van der Waals surface area contributed by atoms with Crippen LogP contribution in [0.15, 0.2) is 18.2 Å². The summed E-state index contributed by atoms with van der Waals surface area (Å²) in [6.45, 7) is 8.07. The molecule has 0 aliphatic heterocycles. The zero-order valence-electron chi connectivity index (χ0n) is 12.8. The Morgan fingerprint density at radius 3 is 2.60 bits per heavy atom. The molecule has 0 spiro atoms. The number of carbonyl (C=O) groups is 1. The quantitative estimate of drug-likeness (QED) is 0.779. The summed E-state index contributed by atoms with van der Waals surface area (Å²) in [6.07, 6.45) is 0.911. The van der Waals surface area contributed by atoms with Crippen LogP contribution in [0.2, 0.25) is 0 Å². The molecule has 0 radical (unpaired) electrons. The van der Waals surface area contributed by atoms with Gasteiger partial charge in [-0.2, -0.15) is 0 Å². The van der Waals surface area contributed by atoms with Gasteiger partial charge in [-0.1, -0.05) is 31.0 Å². The Kier molecular flexibility index (Phi) is 6.52. The van der Waals surface area contributed by atoms with Gasteiger partial charge in [0, 0.05) is 11.6 Å². The van der Waals surface area contributed by atoms with Gasteiger partial charge in [0.25, 0.3) is 0 Å². The third-order valence-corrected chi connectivity index (χ3v) is 3.03. The molecule has 2 N–H and O–H groups in total. The largest absolute Gasteiger partial charge is 0.478 e. The number of nitrogens with two attached hydrogens (primary N) is 1. The summed E-state index contributed by atoms with van der Waals surface area (Å²) in [5, 5.41) is 0. The number of hydrogen-bond acceptors (Lipinski definition) is 4. The summed E-state index contributed by atoms with van der Waals surface area (Å²) >= 11 is 0. The molecule has 0 saturated heterocycles. The molecule has 4 heteroatoms. The summed E-state index contributed by atoms with van der Waals surface area (Å²) in [6, 6.07) is 5.67. The van der Waals surface area contributed by atoms with Gasteiger partial charge < -0.3 is 15.2 Å². The first-order valence-corrected chi connectivity index (χ1v) is 7.19. The molecule has 0 fully saturated rings. The van der Waals surface area contributed by atoms with Crippen molar-refractivity contribution in [3.05, 3.63) is 29.3 Å². The van der Waals surface area contributed by atoms with E-state index in [1.165, 1.54) is 0 Å². The molecule has 0 bridgehead atoms. The first-order valence-electron chi connectivity index (χ1n) is 7.19. The molecule has 4 nitrogen and oxygen atoms in total. The number of esters is 1. The second-order valence-electron chi connectivity index (χ2n) is 4.98. The number of carbonyl (C=O) groups excluding carboxylic acids is 1. The first kappa shape index (κ1) is 16.5. The van der Waals surface area contributed by atoms with Crippen molar-refractivity contribution in [1.82, 2.24) is 0 Å². The molecule has 1 aromatic carbocycles. The van der Waals surface area contributed by atoms with Crippen molar-refractivity contribution in [3.8, 4) is 5.75 Å². The molecule has 1 rings (SSSR count). The molecule has 0 amide bonds. The normalized spacial score (nSPS) is 13.7. The first-order chi connectivity index (χ1) is 9.49. The zero-order chi connectivity index (χ0) is 15.1. The second-order valence-corrected chi connectivity index (χ2v) is 4.98. The van der Waals surface area contributed by atoms with E-state index in [9.17, 15) is 4.79 Å². The molecular formula is C16H25NO3. The van der Waals surface area contributed by atoms with Crippen LogP contribution >= 0.6 is 0 Å². The average Bonchev–Trinajstić information content (AvgIpc) is 2.40. The Balaban J connectivity index is 2.95. The highest BCUT2D eigenvalue weighted by Crippen LogP contribution is 2.27. The molecule has 1 aromatic rings. The fourth-order valence-electron chi connectivity index (χ4n) is 2.01. The number of aryl methyl sites for hydroxylation is 1. The molecule has 0 aliphatic carbocycles. The van der Waals surface area contributed by atoms with E-state index in [2.05, 4.69) is 0 Å². The lowest BCUT2D eigenvalue weighted by Crippen LogP contribution is -2.30. The van der Waals surface area contributed by atoms with Gasteiger partial charge in [0.05, 0.1) is 6.61 Å². The minimum absolute atomic E-state index is 0.144. The van der Waals surface area contributed by atoms with Gasteiger partial charge in [-0.3, -0.25) is 0 Å². The van der Waals surface area contributed by atoms with Crippen LogP contribution in [0, 0.1) is 6.92 Å². The maximum Gasteiger partial charge on any atom is 0.347 e. The SMILES string of the molecule is CCCC(Oc1ccc(C)cc1[C@H](C)N)C(=O)OCC. The number of benzene rings is 1. The standard InChI is InChI=1S/C16H25NO3/c1-5-7-15(16(18)19-6-2)20-14-9-8-11(3)10-13(14)12(4)17/h8-10,12,15H,5-7,17H2,1-4H3/t12-,15?/m0/s1. The highest BCUT2D eigenvalue weighted by molar-refractivity contribution is 5.75. The van der Waals surface area contributed by atoms with Crippen molar-refractivity contribution in [2.45, 2.75) is 52.7 Å². The summed E-state index contributed by atoms with van der Waals surface area (Å²) in [4.78, 5) is 11.9. The van der Waals surface area contributed by atoms with E-state index in [1.807, 2.05) is 39.0 Å². The maximum absolute atomic E-state index is 11.9. The van der Waals surface area contributed by atoms with E-state index in [-0.39, 0.29) is 12.0 Å². The van der Waals surface area contributed by atoms with Gasteiger partial charge in [-0.05, 0) is 33.3 Å². The van der Waals surface area contributed by atoms with Crippen molar-refractivity contribution < 1.29 is 14.3 Å². The molecular weight excluding hydrogens is 254 g/mol. The van der Waals surface area contributed by atoms with Gasteiger partial charge >= 0.3 is 5.97 Å². The molecule has 2 atom stereocenters. The molecule has 0 aromatic heterocycles. The Bertz CT molecular complexity index is 443. The maximum atomic E-state index is 11.9. The molecule has 0 heterocycles. The lowest BCUT2D eigenvalue weighted by atomic mass is 10.0. The topological polar surface area (TPSA) is 61.5 Å². The lowest BCUT2D eigenvalue weighted by Gasteiger charge is -2.20. The predicted octanol–water partition coefficient (Wildman–Crippen LogP) is 3.13. The van der Waals surface area contributed by atoms with Crippen LogP contribution in [-0.4, -0.2) is 18.7 Å². The monoisotopic (exact) mass is 279 g/mol. The molecule has 20 heavy (non-hydrogen) atoms. The minimum atomic E-state index is -0.569. The van der Waals surface area contributed by atoms with Crippen LogP contribution < -0.4 is 10.5 Å². The average molecular weight is 279 g/mol. The van der Waals surface area contributed by atoms with E-state index in [4.69, 9.17) is 15.2 Å². The van der Waals surface area contributed by atoms with Gasteiger partial charge in [0.15, 0.2) is 6.10 Å². The highest BCUT2D eigenvalue weighted by Gasteiger charge is 2.22. The van der Waals surface area contributed by atoms with E-state index in [0.717, 1.165) is 17.5 Å². The van der Waals surface area contributed by atoms with E-state index < -0.39 is 6.10 Å². The molecule has 1 unspecified atom stereocenters. The van der Waals surface area contributed by atoms with E-state index >= 15 is 0 Å². The van der Waals surface area contributed by atoms with Crippen LogP contribution in [0.1, 0.15) is 50.8 Å². The zero-order valence-corrected chi connectivity index (χ0v) is 12.8. The van der Waals surface area contributed by atoms with Crippen LogP contribution in [0.5, 0.6) is 5.75 Å². The molecule has 0 saturated carbocycles. The smallest absolute Gasteiger partial charge is 0.347 e. The van der Waals surface area contributed by atoms with Gasteiger partial charge in [-0.15, -0.1) is 0 Å². The van der Waals surface area contributed by atoms with E-state index in [1.54, 1.807) is 6.92 Å². The summed E-state index contributed by atoms with van der Waals surface area (Å²) in [5.74, 6) is 0.350. The molecule has 112 valence electrons. The fourth-order valence-corrected chi connectivity index (χ4v) is 2.01. The summed E-state index contributed by atoms with van der Waals surface area (Å²) < 4.78 is 10.9. The molecule has 0 aliphatic rings. The Hall–Kier alpha value is -1.55. The van der Waals surface area contributed by atoms with Crippen LogP contribution in [0.25, 0.3) is 0 Å². The second kappa shape index (κ2) is 7.90. The number of rotatable bonds is 7. The van der Waals surface area contributed by atoms with Gasteiger partial charge in [0.2, 0.25) is 0 Å². The van der Waals surface area contributed by atoms with Crippen LogP contribution in [-0.2, 0) is 9.53 Å². The Labute approximate surface area is 121 Å².